The predicted molar refractivity (Wildman–Crippen MR) is 313 cm³/mol. The van der Waals surface area contributed by atoms with E-state index in [4.69, 9.17) is 0 Å². The summed E-state index contributed by atoms with van der Waals surface area (Å²) >= 11 is 0. The fraction of sp³-hybridized carbons (Fsp3) is 0.382. The first-order valence-corrected chi connectivity index (χ1v) is 27.1. The zero-order valence-electron chi connectivity index (χ0n) is 46.4. The van der Waals surface area contributed by atoms with Gasteiger partial charge in [-0.2, -0.15) is 0 Å². The van der Waals surface area contributed by atoms with Crippen LogP contribution in [0, 0.1) is 13.8 Å². The summed E-state index contributed by atoms with van der Waals surface area (Å²) in [6, 6.07) is 53.1. The van der Waals surface area contributed by atoms with Crippen molar-refractivity contribution in [3.63, 3.8) is 0 Å². The number of rotatable bonds is 4. The second kappa shape index (κ2) is 16.3. The van der Waals surface area contributed by atoms with Crippen molar-refractivity contribution >= 4 is 68.6 Å². The van der Waals surface area contributed by atoms with Crippen molar-refractivity contribution in [3.05, 3.63) is 172 Å². The number of nitrogens with zero attached hydrogens (tertiary/aromatic N) is 3. The first-order valence-electron chi connectivity index (χ1n) is 27.1. The number of fused-ring (bicyclic) bond motifs is 7. The van der Waals surface area contributed by atoms with E-state index in [1.807, 2.05) is 0 Å². The minimum absolute atomic E-state index is 0.00163. The molecule has 3 nitrogen and oxygen atoms in total. The van der Waals surface area contributed by atoms with E-state index < -0.39 is 0 Å². The topological polar surface area (TPSA) is 9.72 Å². The highest BCUT2D eigenvalue weighted by molar-refractivity contribution is 7.00. The van der Waals surface area contributed by atoms with Crippen LogP contribution in [-0.2, 0) is 27.1 Å². The quantitative estimate of drug-likeness (QED) is 0.163. The van der Waals surface area contributed by atoms with Crippen molar-refractivity contribution in [1.29, 1.82) is 0 Å². The molecular formula is C68H78BN3. The van der Waals surface area contributed by atoms with Crippen molar-refractivity contribution in [2.45, 2.75) is 169 Å². The normalized spacial score (nSPS) is 19.4. The van der Waals surface area contributed by atoms with Crippen molar-refractivity contribution < 1.29 is 0 Å². The fourth-order valence-electron chi connectivity index (χ4n) is 13.3. The van der Waals surface area contributed by atoms with E-state index >= 15 is 0 Å². The molecule has 7 aromatic carbocycles. The van der Waals surface area contributed by atoms with Crippen LogP contribution in [0.15, 0.2) is 133 Å². The molecule has 7 aromatic rings. The molecule has 1 aliphatic carbocycles. The van der Waals surface area contributed by atoms with Gasteiger partial charge in [0.1, 0.15) is 0 Å². The molecule has 1 saturated carbocycles. The highest BCUT2D eigenvalue weighted by Gasteiger charge is 2.58. The van der Waals surface area contributed by atoms with Crippen LogP contribution in [0.25, 0.3) is 11.1 Å². The Hall–Kier alpha value is -6.00. The maximum atomic E-state index is 2.81. The monoisotopic (exact) mass is 948 g/mol. The lowest BCUT2D eigenvalue weighted by atomic mass is 9.33. The van der Waals surface area contributed by atoms with Gasteiger partial charge in [0.25, 0.3) is 6.71 Å². The van der Waals surface area contributed by atoms with Crippen molar-refractivity contribution in [2.75, 3.05) is 14.7 Å². The van der Waals surface area contributed by atoms with Crippen LogP contribution in [0.3, 0.4) is 0 Å². The van der Waals surface area contributed by atoms with Gasteiger partial charge in [-0.25, -0.2) is 0 Å². The Kier molecular flexibility index (Phi) is 10.9. The van der Waals surface area contributed by atoms with Crippen LogP contribution < -0.4 is 31.1 Å². The molecule has 4 aliphatic rings. The molecule has 11 rings (SSSR count). The Balaban J connectivity index is 1.25. The summed E-state index contributed by atoms with van der Waals surface area (Å²) in [5, 5.41) is 0. The van der Waals surface area contributed by atoms with Crippen molar-refractivity contribution in [3.8, 4) is 11.1 Å². The first-order chi connectivity index (χ1) is 33.8. The zero-order chi connectivity index (χ0) is 51.2. The van der Waals surface area contributed by atoms with Gasteiger partial charge in [0.05, 0.1) is 11.2 Å². The van der Waals surface area contributed by atoms with Gasteiger partial charge < -0.3 is 14.7 Å². The molecule has 0 saturated heterocycles. The lowest BCUT2D eigenvalue weighted by Crippen LogP contribution is -2.61. The summed E-state index contributed by atoms with van der Waals surface area (Å²) in [6.07, 6.45) is 4.88. The molecule has 368 valence electrons. The lowest BCUT2D eigenvalue weighted by Gasteiger charge is -2.51. The van der Waals surface area contributed by atoms with Crippen LogP contribution in [0.4, 0.5) is 45.5 Å². The van der Waals surface area contributed by atoms with Gasteiger partial charge in [0.15, 0.2) is 0 Å². The van der Waals surface area contributed by atoms with Crippen LogP contribution in [0.1, 0.15) is 162 Å². The third kappa shape index (κ3) is 7.42. The molecule has 1 fully saturated rings. The van der Waals surface area contributed by atoms with E-state index in [1.54, 1.807) is 0 Å². The second-order valence-electron chi connectivity index (χ2n) is 26.8. The molecule has 0 spiro atoms. The summed E-state index contributed by atoms with van der Waals surface area (Å²) < 4.78 is 0. The Bertz CT molecular complexity index is 3300. The van der Waals surface area contributed by atoms with E-state index in [-0.39, 0.29) is 39.3 Å². The Morgan fingerprint density at radius 1 is 0.458 bits per heavy atom. The highest BCUT2D eigenvalue weighted by atomic mass is 15.3. The van der Waals surface area contributed by atoms with Crippen LogP contribution in [0.2, 0.25) is 0 Å². The fourth-order valence-corrected chi connectivity index (χ4v) is 13.3. The maximum Gasteiger partial charge on any atom is 0.252 e. The standard InChI is InChI=1S/C68H78BN3/c1-43-36-44(2)62-53(37-43)67(15)34-20-21-35-68(67,16)72(62)51-30-32-55-58(42-51)70(50-28-24-46(25-29-50)63(3,4)5)59-40-49(66(12,13)14)41-60-61(59)69(55)54-31-26-48(65(9,10)11)39-57(54)71(60)56-33-27-47(64(6,7)8)38-52(56)45-22-18-17-19-23-45/h17-19,22-33,36-42H,20-21,34-35H2,1-16H3. The van der Waals surface area contributed by atoms with Gasteiger partial charge in [-0.05, 0) is 165 Å². The Morgan fingerprint density at radius 3 is 1.62 bits per heavy atom. The summed E-state index contributed by atoms with van der Waals surface area (Å²) in [5.41, 5.74) is 26.1. The third-order valence-electron chi connectivity index (χ3n) is 17.8. The molecule has 3 heterocycles. The van der Waals surface area contributed by atoms with Crippen molar-refractivity contribution in [1.82, 2.24) is 0 Å². The molecule has 3 aliphatic heterocycles. The number of benzene rings is 7. The minimum atomic E-state index is -0.141. The van der Waals surface area contributed by atoms with Gasteiger partial charge in [0.2, 0.25) is 0 Å². The van der Waals surface area contributed by atoms with Crippen LogP contribution in [-0.4, -0.2) is 12.3 Å². The Morgan fingerprint density at radius 2 is 0.986 bits per heavy atom. The molecule has 2 atom stereocenters. The van der Waals surface area contributed by atoms with Gasteiger partial charge in [-0.1, -0.05) is 187 Å². The number of aryl methyl sites for hydroxylation is 2. The molecular weight excluding hydrogens is 870 g/mol. The molecule has 72 heavy (non-hydrogen) atoms. The second-order valence-corrected chi connectivity index (χ2v) is 26.8. The molecule has 0 radical (unpaired) electrons. The van der Waals surface area contributed by atoms with Crippen LogP contribution >= 0.6 is 0 Å². The average molecular weight is 948 g/mol. The van der Waals surface area contributed by atoms with Gasteiger partial charge >= 0.3 is 0 Å². The van der Waals surface area contributed by atoms with E-state index in [0.29, 0.717) is 0 Å². The number of anilines is 8. The first kappa shape index (κ1) is 48.3. The predicted octanol–water partition coefficient (Wildman–Crippen LogP) is 17.0. The van der Waals surface area contributed by atoms with Gasteiger partial charge in [-0.3, -0.25) is 0 Å². The summed E-state index contributed by atoms with van der Waals surface area (Å²) in [6.45, 7) is 38.0. The summed E-state index contributed by atoms with van der Waals surface area (Å²) in [7, 11) is 0. The largest absolute Gasteiger partial charge is 0.334 e. The molecule has 0 N–H and O–H groups in total. The molecule has 2 unspecified atom stereocenters. The summed E-state index contributed by atoms with van der Waals surface area (Å²) in [4.78, 5) is 8.13. The smallest absolute Gasteiger partial charge is 0.252 e. The molecule has 4 heteroatoms. The SMILES string of the molecule is Cc1cc(C)c2c(c1)C1(C)CCCCC1(C)N2c1ccc2c(c1)N(c1ccc(C(C)(C)C)cc1)c1cc(C(C)(C)C)cc3c1B2c1ccc(C(C)(C)C)cc1N3c1ccc(C(C)(C)C)cc1-c1ccccc1. The molecule has 0 bridgehead atoms. The number of hydrogen-bond donors (Lipinski definition) is 0. The molecule has 0 amide bonds. The van der Waals surface area contributed by atoms with E-state index in [0.717, 1.165) is 6.42 Å². The third-order valence-corrected chi connectivity index (χ3v) is 17.8. The van der Waals surface area contributed by atoms with E-state index in [1.165, 1.54) is 131 Å². The highest BCUT2D eigenvalue weighted by Crippen LogP contribution is 2.62. The average Bonchev–Trinajstić information content (AvgIpc) is 3.53. The van der Waals surface area contributed by atoms with Gasteiger partial charge in [-0.15, -0.1) is 0 Å². The van der Waals surface area contributed by atoms with Crippen LogP contribution in [0.5, 0.6) is 0 Å². The summed E-state index contributed by atoms with van der Waals surface area (Å²) in [5.74, 6) is 0. The Labute approximate surface area is 433 Å². The number of hydrogen-bond acceptors (Lipinski definition) is 3. The van der Waals surface area contributed by atoms with Crippen molar-refractivity contribution in [2.24, 2.45) is 0 Å². The lowest BCUT2D eigenvalue weighted by molar-refractivity contribution is 0.195. The van der Waals surface area contributed by atoms with Gasteiger partial charge in [0, 0.05) is 50.8 Å². The van der Waals surface area contributed by atoms with E-state index in [2.05, 4.69) is 259 Å². The zero-order valence-corrected chi connectivity index (χ0v) is 46.4. The molecule has 0 aromatic heterocycles. The maximum absolute atomic E-state index is 2.81. The van der Waals surface area contributed by atoms with E-state index in [9.17, 15) is 0 Å². The minimum Gasteiger partial charge on any atom is -0.334 e.